The molecule has 0 heterocycles. The highest BCUT2D eigenvalue weighted by Gasteiger charge is 2.10. The van der Waals surface area contributed by atoms with Gasteiger partial charge < -0.3 is 5.32 Å². The molecule has 102 valence electrons. The van der Waals surface area contributed by atoms with Crippen LogP contribution in [0.3, 0.4) is 0 Å². The van der Waals surface area contributed by atoms with Gasteiger partial charge in [0.15, 0.2) is 5.78 Å². The van der Waals surface area contributed by atoms with Crippen LogP contribution >= 0.6 is 11.6 Å². The molecule has 1 amide bonds. The van der Waals surface area contributed by atoms with Crippen LogP contribution in [0.4, 0.5) is 5.69 Å². The van der Waals surface area contributed by atoms with E-state index in [1.54, 1.807) is 48.5 Å². The van der Waals surface area contributed by atoms with E-state index in [2.05, 4.69) is 5.32 Å². The van der Waals surface area contributed by atoms with Crippen LogP contribution in [-0.4, -0.2) is 11.7 Å². The van der Waals surface area contributed by atoms with Gasteiger partial charge in [-0.2, -0.15) is 0 Å². The van der Waals surface area contributed by atoms with Crippen molar-refractivity contribution in [3.63, 3.8) is 0 Å². The fourth-order valence-corrected chi connectivity index (χ4v) is 2.01. The summed E-state index contributed by atoms with van der Waals surface area (Å²) in [5, 5.41) is 3.40. The number of amides is 1. The first kappa shape index (κ1) is 14.3. The SMILES string of the molecule is CC(=O)c1ccccc1NC(=O)Cc1ccc(Cl)cc1. The van der Waals surface area contributed by atoms with Crippen molar-refractivity contribution in [2.24, 2.45) is 0 Å². The van der Waals surface area contributed by atoms with E-state index in [1.807, 2.05) is 0 Å². The van der Waals surface area contributed by atoms with Gasteiger partial charge >= 0.3 is 0 Å². The maximum absolute atomic E-state index is 12.0. The van der Waals surface area contributed by atoms with Gasteiger partial charge in [0.25, 0.3) is 0 Å². The highest BCUT2D eigenvalue weighted by Crippen LogP contribution is 2.16. The molecule has 4 heteroatoms. The van der Waals surface area contributed by atoms with E-state index in [9.17, 15) is 9.59 Å². The van der Waals surface area contributed by atoms with E-state index in [0.29, 0.717) is 16.3 Å². The monoisotopic (exact) mass is 287 g/mol. The maximum Gasteiger partial charge on any atom is 0.228 e. The van der Waals surface area contributed by atoms with Gasteiger partial charge in [0.1, 0.15) is 0 Å². The summed E-state index contributed by atoms with van der Waals surface area (Å²) >= 11 is 5.80. The van der Waals surface area contributed by atoms with Crippen molar-refractivity contribution in [1.82, 2.24) is 0 Å². The molecule has 0 aliphatic heterocycles. The van der Waals surface area contributed by atoms with Crippen LogP contribution in [0, 0.1) is 0 Å². The Labute approximate surface area is 122 Å². The number of ketones is 1. The van der Waals surface area contributed by atoms with Gasteiger partial charge in [-0.15, -0.1) is 0 Å². The summed E-state index contributed by atoms with van der Waals surface area (Å²) in [6.07, 6.45) is 0.239. The fraction of sp³-hybridized carbons (Fsp3) is 0.125. The smallest absolute Gasteiger partial charge is 0.228 e. The first-order chi connectivity index (χ1) is 9.56. The molecule has 2 rings (SSSR count). The van der Waals surface area contributed by atoms with Gasteiger partial charge in [0, 0.05) is 10.6 Å². The van der Waals surface area contributed by atoms with Crippen LogP contribution < -0.4 is 5.32 Å². The van der Waals surface area contributed by atoms with Crippen LogP contribution in [0.1, 0.15) is 22.8 Å². The third-order valence-corrected chi connectivity index (χ3v) is 3.11. The Hall–Kier alpha value is -2.13. The van der Waals surface area contributed by atoms with Crippen molar-refractivity contribution in [2.75, 3.05) is 5.32 Å². The molecular weight excluding hydrogens is 274 g/mol. The summed E-state index contributed by atoms with van der Waals surface area (Å²) in [4.78, 5) is 23.5. The van der Waals surface area contributed by atoms with E-state index in [-0.39, 0.29) is 18.1 Å². The lowest BCUT2D eigenvalue weighted by atomic mass is 10.1. The first-order valence-electron chi connectivity index (χ1n) is 6.20. The molecule has 0 atom stereocenters. The van der Waals surface area contributed by atoms with Gasteiger partial charge in [-0.1, -0.05) is 35.9 Å². The second kappa shape index (κ2) is 6.35. The summed E-state index contributed by atoms with van der Waals surface area (Å²) < 4.78 is 0. The van der Waals surface area contributed by atoms with Crippen molar-refractivity contribution in [3.8, 4) is 0 Å². The van der Waals surface area contributed by atoms with E-state index in [1.165, 1.54) is 6.92 Å². The molecule has 3 nitrogen and oxygen atoms in total. The Kier molecular flexibility index (Phi) is 4.53. The van der Waals surface area contributed by atoms with Gasteiger partial charge in [-0.05, 0) is 36.8 Å². The molecule has 20 heavy (non-hydrogen) atoms. The zero-order chi connectivity index (χ0) is 14.5. The first-order valence-corrected chi connectivity index (χ1v) is 6.58. The molecule has 2 aromatic carbocycles. The summed E-state index contributed by atoms with van der Waals surface area (Å²) in [6, 6.07) is 14.1. The number of benzene rings is 2. The Morgan fingerprint density at radius 2 is 1.70 bits per heavy atom. The molecule has 0 saturated carbocycles. The Bertz CT molecular complexity index is 635. The number of anilines is 1. The number of carbonyl (C=O) groups is 2. The Balaban J connectivity index is 2.08. The average molecular weight is 288 g/mol. The van der Waals surface area contributed by atoms with Gasteiger partial charge in [-0.3, -0.25) is 9.59 Å². The lowest BCUT2D eigenvalue weighted by molar-refractivity contribution is -0.115. The second-order valence-corrected chi connectivity index (χ2v) is 4.89. The van der Waals surface area contributed by atoms with Crippen LogP contribution in [0.15, 0.2) is 48.5 Å². The number of para-hydroxylation sites is 1. The second-order valence-electron chi connectivity index (χ2n) is 4.45. The summed E-state index contributed by atoms with van der Waals surface area (Å²) in [5.41, 5.74) is 1.92. The molecular formula is C16H14ClNO2. The van der Waals surface area contributed by atoms with E-state index in [0.717, 1.165) is 5.56 Å². The van der Waals surface area contributed by atoms with Crippen LogP contribution in [0.25, 0.3) is 0 Å². The normalized spacial score (nSPS) is 10.1. The number of rotatable bonds is 4. The number of carbonyl (C=O) groups excluding carboxylic acids is 2. The number of hydrogen-bond acceptors (Lipinski definition) is 2. The van der Waals surface area contributed by atoms with Crippen molar-refractivity contribution < 1.29 is 9.59 Å². The maximum atomic E-state index is 12.0. The zero-order valence-corrected chi connectivity index (χ0v) is 11.8. The third-order valence-electron chi connectivity index (χ3n) is 2.86. The topological polar surface area (TPSA) is 46.2 Å². The molecule has 2 aromatic rings. The average Bonchev–Trinajstić information content (AvgIpc) is 2.41. The summed E-state index contributed by atoms with van der Waals surface area (Å²) in [6.45, 7) is 1.48. The summed E-state index contributed by atoms with van der Waals surface area (Å²) in [5.74, 6) is -0.242. The van der Waals surface area contributed by atoms with E-state index >= 15 is 0 Å². The Morgan fingerprint density at radius 3 is 2.35 bits per heavy atom. The number of hydrogen-bond donors (Lipinski definition) is 1. The zero-order valence-electron chi connectivity index (χ0n) is 11.0. The van der Waals surface area contributed by atoms with Gasteiger partial charge in [-0.25, -0.2) is 0 Å². The minimum absolute atomic E-state index is 0.0765. The van der Waals surface area contributed by atoms with Crippen molar-refractivity contribution in [1.29, 1.82) is 0 Å². The highest BCUT2D eigenvalue weighted by molar-refractivity contribution is 6.30. The largest absolute Gasteiger partial charge is 0.325 e. The fourth-order valence-electron chi connectivity index (χ4n) is 1.88. The third kappa shape index (κ3) is 3.68. The summed E-state index contributed by atoms with van der Waals surface area (Å²) in [7, 11) is 0. The van der Waals surface area contributed by atoms with Crippen LogP contribution in [0.2, 0.25) is 5.02 Å². The molecule has 0 fully saturated rings. The minimum atomic E-state index is -0.166. The van der Waals surface area contributed by atoms with Crippen LogP contribution in [-0.2, 0) is 11.2 Å². The quantitative estimate of drug-likeness (QED) is 0.871. The van der Waals surface area contributed by atoms with Crippen molar-refractivity contribution in [2.45, 2.75) is 13.3 Å². The van der Waals surface area contributed by atoms with Crippen molar-refractivity contribution >= 4 is 29.0 Å². The number of Topliss-reactive ketones (excluding diaryl/α,β-unsaturated/α-hetero) is 1. The lowest BCUT2D eigenvalue weighted by Gasteiger charge is -2.09. The number of halogens is 1. The number of nitrogens with one attached hydrogen (secondary N) is 1. The van der Waals surface area contributed by atoms with Crippen LogP contribution in [0.5, 0.6) is 0 Å². The Morgan fingerprint density at radius 1 is 1.05 bits per heavy atom. The molecule has 0 aliphatic rings. The standard InChI is InChI=1S/C16H14ClNO2/c1-11(19)14-4-2-3-5-15(14)18-16(20)10-12-6-8-13(17)9-7-12/h2-9H,10H2,1H3,(H,18,20). The predicted octanol–water partition coefficient (Wildman–Crippen LogP) is 3.72. The molecule has 0 saturated heterocycles. The van der Waals surface area contributed by atoms with Gasteiger partial charge in [0.2, 0.25) is 5.91 Å². The molecule has 0 radical (unpaired) electrons. The molecule has 0 aromatic heterocycles. The highest BCUT2D eigenvalue weighted by atomic mass is 35.5. The molecule has 1 N–H and O–H groups in total. The molecule has 0 unspecified atom stereocenters. The molecule has 0 spiro atoms. The van der Waals surface area contributed by atoms with Gasteiger partial charge in [0.05, 0.1) is 12.1 Å². The minimum Gasteiger partial charge on any atom is -0.325 e. The van der Waals surface area contributed by atoms with E-state index in [4.69, 9.17) is 11.6 Å². The molecule has 0 bridgehead atoms. The predicted molar refractivity (Wildman–Crippen MR) is 80.2 cm³/mol. The van der Waals surface area contributed by atoms with Crippen molar-refractivity contribution in [3.05, 3.63) is 64.7 Å². The lowest BCUT2D eigenvalue weighted by Crippen LogP contribution is -2.16. The van der Waals surface area contributed by atoms with E-state index < -0.39 is 0 Å². The molecule has 0 aliphatic carbocycles.